The summed E-state index contributed by atoms with van der Waals surface area (Å²) in [6.07, 6.45) is 0. The maximum absolute atomic E-state index is 10.5. The molecule has 0 aromatic heterocycles. The molecule has 0 aliphatic rings. The van der Waals surface area contributed by atoms with Gasteiger partial charge in [-0.05, 0) is 82.6 Å². The zero-order chi connectivity index (χ0) is 31.1. The summed E-state index contributed by atoms with van der Waals surface area (Å²) in [6.45, 7) is 14.5. The summed E-state index contributed by atoms with van der Waals surface area (Å²) in [7, 11) is -8.04. The highest BCUT2D eigenvalue weighted by molar-refractivity contribution is 7.86. The quantitative estimate of drug-likeness (QED) is 0.154. The number of hydrogen-bond acceptors (Lipinski definition) is 8. The number of nitrogens with two attached hydrogens (primary N) is 1. The second-order valence-corrected chi connectivity index (χ2v) is 11.8. The summed E-state index contributed by atoms with van der Waals surface area (Å²) in [5.74, 6) is 0. The smallest absolute Gasteiger partial charge is 0.294 e. The van der Waals surface area contributed by atoms with Gasteiger partial charge in [0.05, 0.1) is 29.6 Å². The van der Waals surface area contributed by atoms with Gasteiger partial charge in [0.2, 0.25) is 0 Å². The van der Waals surface area contributed by atoms with Crippen LogP contribution in [0.1, 0.15) is 30.5 Å². The van der Waals surface area contributed by atoms with Crippen LogP contribution in [0, 0.1) is 20.8 Å². The molecule has 0 spiro atoms. The molecule has 12 heteroatoms. The number of anilines is 2. The van der Waals surface area contributed by atoms with Crippen molar-refractivity contribution < 1.29 is 35.4 Å². The van der Waals surface area contributed by atoms with Gasteiger partial charge in [0.15, 0.2) is 0 Å². The molecule has 0 fully saturated rings. The lowest BCUT2D eigenvalue weighted by molar-refractivity contribution is 0.0556. The Morgan fingerprint density at radius 2 is 1.17 bits per heavy atom. The molecular formula is C29H42N2O8S2. The van der Waals surface area contributed by atoms with E-state index in [1.807, 2.05) is 33.8 Å². The molecule has 3 rings (SSSR count). The largest absolute Gasteiger partial charge is 0.399 e. The molecule has 0 amide bonds. The predicted octanol–water partition coefficient (Wildman–Crippen LogP) is 4.94. The minimum atomic E-state index is -4.02. The van der Waals surface area contributed by atoms with Crippen LogP contribution in [0.4, 0.5) is 11.4 Å². The first-order valence-electron chi connectivity index (χ1n) is 13.0. The van der Waals surface area contributed by atoms with Crippen molar-refractivity contribution in [2.24, 2.45) is 0 Å². The monoisotopic (exact) mass is 610 g/mol. The lowest BCUT2D eigenvalue weighted by Crippen LogP contribution is -2.27. The zero-order valence-corrected chi connectivity index (χ0v) is 25.9. The van der Waals surface area contributed by atoms with E-state index in [1.165, 1.54) is 30.0 Å². The molecule has 0 radical (unpaired) electrons. The SMILES string of the molecule is CCOCCOCCN(CC)c1ccc(N)c(C)c1.Cc1ccc(S(=O)(=O)O)cc1.Cc1ccc(S(=O)(=O)O)cc1. The molecule has 0 aliphatic carbocycles. The highest BCUT2D eigenvalue weighted by Gasteiger charge is 2.08. The van der Waals surface area contributed by atoms with Crippen LogP contribution in [-0.4, -0.2) is 65.5 Å². The summed E-state index contributed by atoms with van der Waals surface area (Å²) in [4.78, 5) is 2.15. The van der Waals surface area contributed by atoms with E-state index in [2.05, 4.69) is 24.0 Å². The topological polar surface area (TPSA) is 156 Å². The number of likely N-dealkylation sites (N-methyl/N-ethyl adjacent to an activating group) is 1. The Balaban J connectivity index is 0.000000327. The summed E-state index contributed by atoms with van der Waals surface area (Å²) in [5, 5.41) is 0. The highest BCUT2D eigenvalue weighted by atomic mass is 32.2. The molecule has 10 nitrogen and oxygen atoms in total. The van der Waals surface area contributed by atoms with Gasteiger partial charge in [0.25, 0.3) is 20.2 Å². The molecule has 0 heterocycles. The normalized spacial score (nSPS) is 11.1. The molecule has 0 saturated carbocycles. The van der Waals surface area contributed by atoms with E-state index in [9.17, 15) is 16.8 Å². The summed E-state index contributed by atoms with van der Waals surface area (Å²) in [6, 6.07) is 18.1. The van der Waals surface area contributed by atoms with E-state index >= 15 is 0 Å². The molecule has 3 aromatic carbocycles. The number of benzene rings is 3. The molecule has 0 atom stereocenters. The van der Waals surface area contributed by atoms with Crippen LogP contribution in [0.2, 0.25) is 0 Å². The molecule has 0 bridgehead atoms. The number of nitrogens with zero attached hydrogens (tertiary/aromatic N) is 1. The third-order valence-electron chi connectivity index (χ3n) is 5.72. The van der Waals surface area contributed by atoms with Crippen molar-refractivity contribution in [2.75, 3.05) is 50.2 Å². The minimum Gasteiger partial charge on any atom is -0.399 e. The van der Waals surface area contributed by atoms with Crippen molar-refractivity contribution in [3.05, 3.63) is 83.4 Å². The molecule has 4 N–H and O–H groups in total. The van der Waals surface area contributed by atoms with Gasteiger partial charge in [0, 0.05) is 31.1 Å². The van der Waals surface area contributed by atoms with Crippen molar-refractivity contribution in [3.63, 3.8) is 0 Å². The van der Waals surface area contributed by atoms with Crippen LogP contribution in [0.15, 0.2) is 76.5 Å². The highest BCUT2D eigenvalue weighted by Crippen LogP contribution is 2.20. The Kier molecular flexibility index (Phi) is 15.6. The molecule has 0 unspecified atom stereocenters. The summed E-state index contributed by atoms with van der Waals surface area (Å²) < 4.78 is 69.9. The average molecular weight is 611 g/mol. The van der Waals surface area contributed by atoms with Crippen molar-refractivity contribution in [3.8, 4) is 0 Å². The maximum Gasteiger partial charge on any atom is 0.294 e. The van der Waals surface area contributed by atoms with E-state index in [4.69, 9.17) is 24.3 Å². The van der Waals surface area contributed by atoms with E-state index < -0.39 is 20.2 Å². The first kappa shape index (κ1) is 36.0. The second kappa shape index (κ2) is 17.7. The van der Waals surface area contributed by atoms with Gasteiger partial charge in [-0.15, -0.1) is 0 Å². The van der Waals surface area contributed by atoms with Crippen LogP contribution < -0.4 is 10.6 Å². The Labute approximate surface area is 244 Å². The third kappa shape index (κ3) is 14.5. The van der Waals surface area contributed by atoms with Crippen LogP contribution in [0.5, 0.6) is 0 Å². The fourth-order valence-electron chi connectivity index (χ4n) is 3.29. The standard InChI is InChI=1S/C15H26N2O2.2C7H8O3S/c1-4-17(8-9-19-11-10-18-5-2)14-6-7-15(16)13(3)12-14;2*1-6-2-4-7(5-3-6)11(8,9)10/h6-7,12H,4-5,8-11,16H2,1-3H3;2*2-5H,1H3,(H,8,9,10). The van der Waals surface area contributed by atoms with Gasteiger partial charge in [-0.25, -0.2) is 0 Å². The number of aryl methyl sites for hydroxylation is 3. The lowest BCUT2D eigenvalue weighted by atomic mass is 10.1. The number of ether oxygens (including phenoxy) is 2. The first-order valence-corrected chi connectivity index (χ1v) is 15.9. The molecule has 228 valence electrons. The van der Waals surface area contributed by atoms with E-state index in [0.717, 1.165) is 42.1 Å². The Hall–Kier alpha value is -3.00. The molecule has 3 aromatic rings. The molecular weight excluding hydrogens is 568 g/mol. The maximum atomic E-state index is 10.5. The van der Waals surface area contributed by atoms with Gasteiger partial charge in [-0.1, -0.05) is 35.4 Å². The molecule has 0 aliphatic heterocycles. The van der Waals surface area contributed by atoms with Gasteiger partial charge < -0.3 is 20.1 Å². The lowest BCUT2D eigenvalue weighted by Gasteiger charge is -2.23. The first-order chi connectivity index (χ1) is 19.2. The summed E-state index contributed by atoms with van der Waals surface area (Å²) >= 11 is 0. The van der Waals surface area contributed by atoms with Crippen LogP contribution in [-0.2, 0) is 29.7 Å². The van der Waals surface area contributed by atoms with E-state index in [1.54, 1.807) is 24.3 Å². The molecule has 41 heavy (non-hydrogen) atoms. The van der Waals surface area contributed by atoms with E-state index in [0.29, 0.717) is 19.8 Å². The van der Waals surface area contributed by atoms with Gasteiger partial charge >= 0.3 is 0 Å². The third-order valence-corrected chi connectivity index (χ3v) is 7.46. The second-order valence-electron chi connectivity index (χ2n) is 9.01. The number of nitrogen functional groups attached to an aromatic ring is 1. The number of hydrogen-bond donors (Lipinski definition) is 3. The van der Waals surface area contributed by atoms with Gasteiger partial charge in [-0.3, -0.25) is 9.11 Å². The fraction of sp³-hybridized carbons (Fsp3) is 0.379. The Morgan fingerprint density at radius 1 is 0.707 bits per heavy atom. The van der Waals surface area contributed by atoms with Crippen LogP contribution >= 0.6 is 0 Å². The minimum absolute atomic E-state index is 0.0666. The molecule has 0 saturated heterocycles. The van der Waals surface area contributed by atoms with Gasteiger partial charge in [-0.2, -0.15) is 16.8 Å². The fourth-order valence-corrected chi connectivity index (χ4v) is 4.25. The van der Waals surface area contributed by atoms with Gasteiger partial charge in [0.1, 0.15) is 0 Å². The van der Waals surface area contributed by atoms with Crippen molar-refractivity contribution in [1.82, 2.24) is 0 Å². The van der Waals surface area contributed by atoms with Crippen molar-refractivity contribution >= 4 is 31.6 Å². The van der Waals surface area contributed by atoms with E-state index in [-0.39, 0.29) is 9.79 Å². The summed E-state index contributed by atoms with van der Waals surface area (Å²) in [5.41, 5.74) is 10.9. The van der Waals surface area contributed by atoms with Crippen molar-refractivity contribution in [1.29, 1.82) is 0 Å². The Morgan fingerprint density at radius 3 is 1.56 bits per heavy atom. The van der Waals surface area contributed by atoms with Crippen LogP contribution in [0.3, 0.4) is 0 Å². The Bertz CT molecular complexity index is 1320. The van der Waals surface area contributed by atoms with Crippen molar-refractivity contribution in [2.45, 2.75) is 44.4 Å². The zero-order valence-electron chi connectivity index (χ0n) is 24.3. The average Bonchev–Trinajstić information content (AvgIpc) is 2.90. The number of rotatable bonds is 11. The predicted molar refractivity (Wildman–Crippen MR) is 163 cm³/mol. The van der Waals surface area contributed by atoms with Crippen LogP contribution in [0.25, 0.3) is 0 Å².